The van der Waals surface area contributed by atoms with E-state index in [4.69, 9.17) is 7.80 Å². The Bertz CT molecular complexity index is 779. The summed E-state index contributed by atoms with van der Waals surface area (Å²) in [7, 11) is 0. The standard InChI is InChI=1S/C21H29IO6/c1-11-7-8-20(26)10-21-13(9-23)5-6-14(28-22)18(21,3)17(25)16(27-12(2)24)15(11)19(20,21)4/h13-14,16,23,26H,5-10H2,1-4H3/t13-,14?,16+,18-,19-,20+,21?/m0/s1. The van der Waals surface area contributed by atoms with Crippen LogP contribution >= 0.6 is 23.0 Å². The lowest BCUT2D eigenvalue weighted by Crippen LogP contribution is -2.85. The van der Waals surface area contributed by atoms with Crippen LogP contribution in [0.1, 0.15) is 59.8 Å². The first kappa shape index (κ1) is 20.8. The van der Waals surface area contributed by atoms with Crippen LogP contribution in [0.3, 0.4) is 0 Å². The Morgan fingerprint density at radius 1 is 1.32 bits per heavy atom. The molecule has 7 heteroatoms. The van der Waals surface area contributed by atoms with E-state index in [0.717, 1.165) is 17.6 Å². The molecule has 2 N–H and O–H groups in total. The molecule has 0 aromatic rings. The molecule has 4 aliphatic carbocycles. The van der Waals surface area contributed by atoms with E-state index in [-0.39, 0.29) is 24.4 Å². The van der Waals surface area contributed by atoms with Gasteiger partial charge in [-0.15, -0.1) is 0 Å². The van der Waals surface area contributed by atoms with Gasteiger partial charge in [-0.25, -0.2) is 0 Å². The van der Waals surface area contributed by atoms with Crippen molar-refractivity contribution >= 4 is 34.8 Å². The molecule has 4 rings (SSSR count). The number of rotatable bonds is 3. The topological polar surface area (TPSA) is 93.1 Å². The third-order valence-electron chi connectivity index (χ3n) is 8.98. The summed E-state index contributed by atoms with van der Waals surface area (Å²) in [5.74, 6) is -0.778. The van der Waals surface area contributed by atoms with E-state index in [1.807, 2.05) is 43.8 Å². The van der Waals surface area contributed by atoms with Crippen molar-refractivity contribution in [2.75, 3.05) is 6.61 Å². The van der Waals surface area contributed by atoms with Crippen molar-refractivity contribution in [3.05, 3.63) is 11.1 Å². The first-order valence-electron chi connectivity index (χ1n) is 10.1. The SMILES string of the molecule is CC(=O)O[C@H]1C(=O)[C@]2(C)C(OI)CC[C@@H](CO)C23C[C@]2(O)CCC(C)=C1[C@]32C. The fourth-order valence-electron chi connectivity index (χ4n) is 7.69. The normalized spacial score (nSPS) is 49.8. The molecule has 156 valence electrons. The number of carbonyl (C=O) groups is 2. The van der Waals surface area contributed by atoms with Gasteiger partial charge in [0.05, 0.1) is 17.1 Å². The van der Waals surface area contributed by atoms with Crippen LogP contribution in [-0.4, -0.2) is 46.4 Å². The van der Waals surface area contributed by atoms with E-state index in [1.165, 1.54) is 6.92 Å². The first-order chi connectivity index (χ1) is 13.0. The molecule has 4 aliphatic rings. The predicted molar refractivity (Wildman–Crippen MR) is 109 cm³/mol. The number of halogens is 1. The molecule has 2 unspecified atom stereocenters. The number of ketones is 1. The van der Waals surface area contributed by atoms with Gasteiger partial charge >= 0.3 is 5.97 Å². The van der Waals surface area contributed by atoms with Gasteiger partial charge in [0, 0.05) is 24.4 Å². The smallest absolute Gasteiger partial charge is 0.303 e. The van der Waals surface area contributed by atoms with E-state index in [2.05, 4.69) is 0 Å². The second kappa shape index (κ2) is 6.25. The third kappa shape index (κ3) is 2.00. The summed E-state index contributed by atoms with van der Waals surface area (Å²) in [5.41, 5.74) is -1.51. The van der Waals surface area contributed by atoms with Crippen molar-refractivity contribution in [3.8, 4) is 0 Å². The molecule has 3 saturated carbocycles. The fourth-order valence-corrected chi connectivity index (χ4v) is 8.45. The summed E-state index contributed by atoms with van der Waals surface area (Å²) in [5, 5.41) is 22.0. The van der Waals surface area contributed by atoms with Crippen LogP contribution in [-0.2, 0) is 17.4 Å². The highest BCUT2D eigenvalue weighted by molar-refractivity contribution is 14.1. The first-order valence-corrected chi connectivity index (χ1v) is 11.0. The van der Waals surface area contributed by atoms with Crippen LogP contribution in [0.5, 0.6) is 0 Å². The van der Waals surface area contributed by atoms with Crippen LogP contribution < -0.4 is 0 Å². The largest absolute Gasteiger partial charge is 0.450 e. The highest BCUT2D eigenvalue weighted by atomic mass is 127. The number of Topliss-reactive ketones (excluding diaryl/α,β-unsaturated/α-hetero) is 1. The zero-order chi connectivity index (χ0) is 20.7. The Morgan fingerprint density at radius 2 is 2.00 bits per heavy atom. The zero-order valence-electron chi connectivity index (χ0n) is 16.9. The minimum absolute atomic E-state index is 0.0347. The van der Waals surface area contributed by atoms with Gasteiger partial charge in [0.1, 0.15) is 23.0 Å². The molecule has 6 nitrogen and oxygen atoms in total. The zero-order valence-corrected chi connectivity index (χ0v) is 19.0. The number of carbonyl (C=O) groups excluding carboxylic acids is 2. The van der Waals surface area contributed by atoms with Crippen LogP contribution in [0, 0.1) is 22.2 Å². The third-order valence-corrected chi connectivity index (χ3v) is 9.59. The summed E-state index contributed by atoms with van der Waals surface area (Å²) in [4.78, 5) is 25.9. The van der Waals surface area contributed by atoms with E-state index in [9.17, 15) is 19.8 Å². The molecule has 0 aromatic heterocycles. The summed E-state index contributed by atoms with van der Waals surface area (Å²) in [6.45, 7) is 7.18. The minimum Gasteiger partial charge on any atom is -0.450 e. The molecule has 0 heterocycles. The lowest BCUT2D eigenvalue weighted by molar-refractivity contribution is -0.341. The van der Waals surface area contributed by atoms with Gasteiger partial charge in [0.15, 0.2) is 11.9 Å². The lowest BCUT2D eigenvalue weighted by atomic mass is 9.23. The molecule has 3 fully saturated rings. The van der Waals surface area contributed by atoms with Crippen molar-refractivity contribution in [2.45, 2.75) is 77.6 Å². The molecule has 0 aromatic carbocycles. The van der Waals surface area contributed by atoms with E-state index in [0.29, 0.717) is 25.7 Å². The lowest BCUT2D eigenvalue weighted by Gasteiger charge is -2.81. The van der Waals surface area contributed by atoms with Gasteiger partial charge < -0.3 is 18.0 Å². The van der Waals surface area contributed by atoms with E-state index >= 15 is 0 Å². The van der Waals surface area contributed by atoms with Gasteiger partial charge in [-0.05, 0) is 57.4 Å². The molecule has 28 heavy (non-hydrogen) atoms. The van der Waals surface area contributed by atoms with Crippen molar-refractivity contribution in [3.63, 3.8) is 0 Å². The molecular formula is C21H29IO6. The Hall–Kier alpha value is -0.510. The fraction of sp³-hybridized carbons (Fsp3) is 0.810. The number of ether oxygens (including phenoxy) is 1. The van der Waals surface area contributed by atoms with Gasteiger partial charge in [0.2, 0.25) is 0 Å². The van der Waals surface area contributed by atoms with Gasteiger partial charge in [-0.2, -0.15) is 0 Å². The second-order valence-corrected chi connectivity index (χ2v) is 10.1. The maximum absolute atomic E-state index is 14.0. The van der Waals surface area contributed by atoms with Crippen LogP contribution in [0.25, 0.3) is 0 Å². The molecule has 0 amide bonds. The average molecular weight is 504 g/mol. The maximum atomic E-state index is 14.0. The van der Waals surface area contributed by atoms with Gasteiger partial charge in [-0.1, -0.05) is 12.5 Å². The summed E-state index contributed by atoms with van der Waals surface area (Å²) >= 11 is 1.85. The predicted octanol–water partition coefficient (Wildman–Crippen LogP) is 2.88. The molecule has 0 bridgehead atoms. The van der Waals surface area contributed by atoms with E-state index in [1.54, 1.807) is 0 Å². The van der Waals surface area contributed by atoms with Crippen molar-refractivity contribution < 1.29 is 27.6 Å². The molecule has 1 spiro atoms. The number of esters is 1. The Morgan fingerprint density at radius 3 is 2.57 bits per heavy atom. The maximum Gasteiger partial charge on any atom is 0.303 e. The van der Waals surface area contributed by atoms with Crippen molar-refractivity contribution in [2.24, 2.45) is 22.2 Å². The van der Waals surface area contributed by atoms with E-state index < -0.39 is 33.9 Å². The Kier molecular flexibility index (Phi) is 4.63. The number of aliphatic hydroxyl groups excluding tert-OH is 1. The quantitative estimate of drug-likeness (QED) is 0.349. The second-order valence-electron chi connectivity index (χ2n) is 9.59. The van der Waals surface area contributed by atoms with Crippen LogP contribution in [0.4, 0.5) is 0 Å². The Labute approximate surface area is 179 Å². The Balaban J connectivity index is 2.03. The summed E-state index contributed by atoms with van der Waals surface area (Å²) in [6.07, 6.45) is 1.79. The molecule has 7 atom stereocenters. The molecular weight excluding hydrogens is 475 g/mol. The number of allylic oxidation sites excluding steroid dienone is 1. The molecule has 0 aliphatic heterocycles. The van der Waals surface area contributed by atoms with Crippen molar-refractivity contribution in [1.29, 1.82) is 0 Å². The highest BCUT2D eigenvalue weighted by Crippen LogP contribution is 2.83. The highest BCUT2D eigenvalue weighted by Gasteiger charge is 2.86. The monoisotopic (exact) mass is 504 g/mol. The number of hydrogen-bond donors (Lipinski definition) is 2. The van der Waals surface area contributed by atoms with Gasteiger partial charge in [0.25, 0.3) is 0 Å². The average Bonchev–Trinajstić information content (AvgIpc) is 2.64. The number of hydrogen-bond acceptors (Lipinski definition) is 6. The molecule has 0 saturated heterocycles. The van der Waals surface area contributed by atoms with Gasteiger partial charge in [-0.3, -0.25) is 9.59 Å². The summed E-state index contributed by atoms with van der Waals surface area (Å²) in [6, 6.07) is 0. The summed E-state index contributed by atoms with van der Waals surface area (Å²) < 4.78 is 11.4. The van der Waals surface area contributed by atoms with Crippen LogP contribution in [0.15, 0.2) is 11.1 Å². The minimum atomic E-state index is -1.00. The molecule has 0 radical (unpaired) electrons. The van der Waals surface area contributed by atoms with Crippen molar-refractivity contribution in [1.82, 2.24) is 0 Å². The van der Waals surface area contributed by atoms with Crippen LogP contribution in [0.2, 0.25) is 0 Å². The number of aliphatic hydroxyl groups is 2.